The van der Waals surface area contributed by atoms with Crippen LogP contribution in [0.4, 0.5) is 5.82 Å². The van der Waals surface area contributed by atoms with Gasteiger partial charge in [0.05, 0.1) is 30.2 Å². The zero-order valence-corrected chi connectivity index (χ0v) is 22.0. The van der Waals surface area contributed by atoms with Gasteiger partial charge in [-0.2, -0.15) is 0 Å². The molecule has 1 aromatic carbocycles. The number of amides is 1. The smallest absolute Gasteiger partial charge is 0.267 e. The van der Waals surface area contributed by atoms with Crippen molar-refractivity contribution in [2.24, 2.45) is 0 Å². The average molecular weight is 535 g/mol. The number of rotatable bonds is 4. The van der Waals surface area contributed by atoms with E-state index in [9.17, 15) is 9.59 Å². The SMILES string of the molecule is Cc1cccn2c(=O)c(C=C3SC(=S)N(Cc4ccccc4)C3=O)c(N3CCC4(CC3)OCCO4)nc12. The summed E-state index contributed by atoms with van der Waals surface area (Å²) < 4.78 is 13.8. The van der Waals surface area contributed by atoms with Gasteiger partial charge in [0.15, 0.2) is 5.79 Å². The van der Waals surface area contributed by atoms with Gasteiger partial charge in [-0.25, -0.2) is 4.98 Å². The van der Waals surface area contributed by atoms with E-state index in [-0.39, 0.29) is 11.5 Å². The molecule has 3 fully saturated rings. The minimum atomic E-state index is -0.543. The van der Waals surface area contributed by atoms with E-state index in [4.69, 9.17) is 26.7 Å². The van der Waals surface area contributed by atoms with Crippen LogP contribution in [-0.4, -0.2) is 56.6 Å². The molecule has 0 N–H and O–H groups in total. The molecule has 6 rings (SSSR count). The number of aromatic nitrogens is 2. The quantitative estimate of drug-likeness (QED) is 0.370. The highest BCUT2D eigenvalue weighted by Gasteiger charge is 2.41. The summed E-state index contributed by atoms with van der Waals surface area (Å²) in [7, 11) is 0. The zero-order chi connectivity index (χ0) is 25.6. The summed E-state index contributed by atoms with van der Waals surface area (Å²) in [6, 6.07) is 13.5. The molecule has 0 unspecified atom stereocenters. The van der Waals surface area contributed by atoms with E-state index in [1.54, 1.807) is 21.6 Å². The summed E-state index contributed by atoms with van der Waals surface area (Å²) in [5, 5.41) is 0. The Bertz CT molecular complexity index is 1470. The monoisotopic (exact) mass is 534 g/mol. The van der Waals surface area contributed by atoms with Gasteiger partial charge in [0.25, 0.3) is 11.5 Å². The van der Waals surface area contributed by atoms with E-state index >= 15 is 0 Å². The fourth-order valence-corrected chi connectivity index (χ4v) is 6.28. The van der Waals surface area contributed by atoms with Gasteiger partial charge in [-0.1, -0.05) is 60.4 Å². The first-order valence-electron chi connectivity index (χ1n) is 12.3. The van der Waals surface area contributed by atoms with E-state index in [0.717, 1.165) is 11.1 Å². The molecule has 8 nitrogen and oxygen atoms in total. The second-order valence-electron chi connectivity index (χ2n) is 9.39. The van der Waals surface area contributed by atoms with Gasteiger partial charge in [0.2, 0.25) is 0 Å². The Kier molecular flexibility index (Phi) is 6.36. The van der Waals surface area contributed by atoms with Crippen LogP contribution in [0.15, 0.2) is 58.4 Å². The molecule has 10 heteroatoms. The van der Waals surface area contributed by atoms with Crippen LogP contribution in [0.3, 0.4) is 0 Å². The molecule has 2 aromatic heterocycles. The second-order valence-corrected chi connectivity index (χ2v) is 11.1. The fraction of sp³-hybridized carbons (Fsp3) is 0.333. The highest BCUT2D eigenvalue weighted by molar-refractivity contribution is 8.26. The lowest BCUT2D eigenvalue weighted by molar-refractivity contribution is -0.169. The van der Waals surface area contributed by atoms with Gasteiger partial charge in [0.1, 0.15) is 15.8 Å². The molecule has 37 heavy (non-hydrogen) atoms. The molecule has 0 saturated carbocycles. The van der Waals surface area contributed by atoms with Gasteiger partial charge >= 0.3 is 0 Å². The topological polar surface area (TPSA) is 76.4 Å². The number of piperidine rings is 1. The van der Waals surface area contributed by atoms with Crippen molar-refractivity contribution in [2.75, 3.05) is 31.2 Å². The number of fused-ring (bicyclic) bond motifs is 1. The third-order valence-electron chi connectivity index (χ3n) is 7.04. The molecule has 0 bridgehead atoms. The van der Waals surface area contributed by atoms with Crippen LogP contribution in [0, 0.1) is 6.92 Å². The Morgan fingerprint density at radius 1 is 1.08 bits per heavy atom. The second kappa shape index (κ2) is 9.68. The first-order chi connectivity index (χ1) is 17.9. The lowest BCUT2D eigenvalue weighted by Crippen LogP contribution is -2.46. The van der Waals surface area contributed by atoms with Gasteiger partial charge in [-0.15, -0.1) is 0 Å². The largest absolute Gasteiger partial charge is 0.355 e. The molecule has 1 spiro atoms. The number of aryl methyl sites for hydroxylation is 1. The van der Waals surface area contributed by atoms with Crippen molar-refractivity contribution in [1.29, 1.82) is 0 Å². The van der Waals surface area contributed by atoms with Crippen LogP contribution in [0.1, 0.15) is 29.5 Å². The predicted molar refractivity (Wildman–Crippen MR) is 147 cm³/mol. The van der Waals surface area contributed by atoms with Crippen molar-refractivity contribution in [3.63, 3.8) is 0 Å². The third kappa shape index (κ3) is 4.48. The molecule has 3 saturated heterocycles. The predicted octanol–water partition coefficient (Wildman–Crippen LogP) is 3.75. The summed E-state index contributed by atoms with van der Waals surface area (Å²) in [6.45, 7) is 4.79. The summed E-state index contributed by atoms with van der Waals surface area (Å²) in [5.41, 5.74) is 2.66. The maximum atomic E-state index is 13.8. The molecule has 1 amide bonds. The van der Waals surface area contributed by atoms with Gasteiger partial charge in [-0.05, 0) is 30.2 Å². The first-order valence-corrected chi connectivity index (χ1v) is 13.5. The van der Waals surface area contributed by atoms with Crippen molar-refractivity contribution in [2.45, 2.75) is 32.1 Å². The molecular formula is C27H26N4O4S2. The van der Waals surface area contributed by atoms with E-state index in [1.165, 1.54) is 11.8 Å². The van der Waals surface area contributed by atoms with E-state index < -0.39 is 5.79 Å². The number of hydrogen-bond donors (Lipinski definition) is 0. The van der Waals surface area contributed by atoms with Crippen molar-refractivity contribution in [3.05, 3.63) is 80.6 Å². The van der Waals surface area contributed by atoms with Crippen LogP contribution in [0.2, 0.25) is 0 Å². The molecule has 5 heterocycles. The normalized spacial score (nSPS) is 20.6. The Morgan fingerprint density at radius 2 is 1.81 bits per heavy atom. The lowest BCUT2D eigenvalue weighted by Gasteiger charge is -2.38. The van der Waals surface area contributed by atoms with Crippen molar-refractivity contribution >= 4 is 51.7 Å². The summed E-state index contributed by atoms with van der Waals surface area (Å²) in [4.78, 5) is 36.2. The van der Waals surface area contributed by atoms with Crippen LogP contribution in [0.5, 0.6) is 0 Å². The minimum absolute atomic E-state index is 0.205. The van der Waals surface area contributed by atoms with E-state index in [0.29, 0.717) is 71.9 Å². The number of thioether (sulfide) groups is 1. The number of anilines is 1. The van der Waals surface area contributed by atoms with Crippen molar-refractivity contribution in [1.82, 2.24) is 14.3 Å². The lowest BCUT2D eigenvalue weighted by atomic mass is 10.0. The van der Waals surface area contributed by atoms with Crippen LogP contribution < -0.4 is 10.5 Å². The molecule has 3 aliphatic rings. The molecule has 3 aliphatic heterocycles. The third-order valence-corrected chi connectivity index (χ3v) is 8.41. The molecule has 190 valence electrons. The zero-order valence-electron chi connectivity index (χ0n) is 20.4. The molecule has 0 radical (unpaired) electrons. The van der Waals surface area contributed by atoms with E-state index in [1.807, 2.05) is 49.4 Å². The Hall–Kier alpha value is -3.05. The van der Waals surface area contributed by atoms with E-state index in [2.05, 4.69) is 4.90 Å². The van der Waals surface area contributed by atoms with Crippen LogP contribution >= 0.6 is 24.0 Å². The molecular weight excluding hydrogens is 508 g/mol. The molecule has 3 aromatic rings. The van der Waals surface area contributed by atoms with Crippen LogP contribution in [-0.2, 0) is 20.8 Å². The number of carbonyl (C=O) groups excluding carboxylic acids is 1. The standard InChI is InChI=1S/C27H26N4O4S2/c1-18-6-5-11-30-22(18)28-23(29-12-9-27(10-13-29)34-14-15-35-27)20(24(30)32)16-21-25(33)31(26(36)37-21)17-19-7-3-2-4-8-19/h2-8,11,16H,9-10,12-15,17H2,1H3. The summed E-state index contributed by atoms with van der Waals surface area (Å²) >= 11 is 6.76. The Morgan fingerprint density at radius 3 is 2.54 bits per heavy atom. The number of benzene rings is 1. The van der Waals surface area contributed by atoms with Gasteiger partial charge in [-0.3, -0.25) is 18.9 Å². The van der Waals surface area contributed by atoms with Crippen LogP contribution in [0.25, 0.3) is 11.7 Å². The number of ether oxygens (including phenoxy) is 2. The number of thiocarbonyl (C=S) groups is 1. The maximum absolute atomic E-state index is 13.8. The summed E-state index contributed by atoms with van der Waals surface area (Å²) in [5.74, 6) is -0.178. The molecule has 0 aliphatic carbocycles. The van der Waals surface area contributed by atoms with Crippen molar-refractivity contribution < 1.29 is 14.3 Å². The fourth-order valence-electron chi connectivity index (χ4n) is 5.05. The molecule has 0 atom stereocenters. The summed E-state index contributed by atoms with van der Waals surface area (Å²) in [6.07, 6.45) is 4.74. The number of hydrogen-bond acceptors (Lipinski definition) is 8. The number of pyridine rings is 1. The highest BCUT2D eigenvalue weighted by atomic mass is 32.2. The Labute approximate surface area is 223 Å². The average Bonchev–Trinajstić information content (AvgIpc) is 3.47. The number of nitrogens with zero attached hydrogens (tertiary/aromatic N) is 4. The van der Waals surface area contributed by atoms with Crippen molar-refractivity contribution in [3.8, 4) is 0 Å². The maximum Gasteiger partial charge on any atom is 0.267 e. The Balaban J connectivity index is 1.39. The highest BCUT2D eigenvalue weighted by Crippen LogP contribution is 2.36. The minimum Gasteiger partial charge on any atom is -0.355 e. The number of carbonyl (C=O) groups is 1. The first kappa shape index (κ1) is 24.3. The van der Waals surface area contributed by atoms with Gasteiger partial charge < -0.3 is 14.4 Å². The van der Waals surface area contributed by atoms with Gasteiger partial charge in [0, 0.05) is 32.1 Å².